The second-order valence-electron chi connectivity index (χ2n) is 11.7. The lowest BCUT2D eigenvalue weighted by atomic mass is 9.78. The number of rotatable bonds is 10. The summed E-state index contributed by atoms with van der Waals surface area (Å²) in [5.41, 5.74) is 1.99. The molecule has 0 atom stereocenters. The highest BCUT2D eigenvalue weighted by atomic mass is 16.7. The highest BCUT2D eigenvalue weighted by Crippen LogP contribution is 2.41. The standard InChI is InChI=1S/C29H39N3O6/c1-28(2,3)21-15-19(16-22(25(21)33)29(4,5)6)26-30-27(38-31-26)35-13-8-11-32(7)12-14-34-20-9-10-23-24(17-20)37-18-36-23/h9-10,15-17,33H,8,11-14,18H2,1-7H3. The predicted octanol–water partition coefficient (Wildman–Crippen LogP) is 5.55. The lowest BCUT2D eigenvalue weighted by molar-refractivity contribution is 0.173. The number of nitrogens with zero attached hydrogens (tertiary/aromatic N) is 3. The van der Waals surface area contributed by atoms with Gasteiger partial charge in [0, 0.05) is 35.8 Å². The van der Waals surface area contributed by atoms with Crippen LogP contribution >= 0.6 is 0 Å². The molecule has 2 heterocycles. The zero-order chi connectivity index (χ0) is 27.5. The summed E-state index contributed by atoms with van der Waals surface area (Å²) in [7, 11) is 2.04. The van der Waals surface area contributed by atoms with Crippen molar-refractivity contribution in [3.8, 4) is 40.5 Å². The summed E-state index contributed by atoms with van der Waals surface area (Å²) in [6.45, 7) is 15.3. The van der Waals surface area contributed by atoms with Crippen LogP contribution in [0.25, 0.3) is 11.4 Å². The van der Waals surface area contributed by atoms with Crippen molar-refractivity contribution in [2.75, 3.05) is 40.1 Å². The second-order valence-corrected chi connectivity index (χ2v) is 11.7. The van der Waals surface area contributed by atoms with E-state index in [1.807, 2.05) is 37.4 Å². The van der Waals surface area contributed by atoms with Gasteiger partial charge >= 0.3 is 6.08 Å². The number of hydrogen-bond acceptors (Lipinski definition) is 9. The maximum absolute atomic E-state index is 11.0. The molecule has 206 valence electrons. The van der Waals surface area contributed by atoms with Gasteiger partial charge in [-0.3, -0.25) is 4.52 Å². The van der Waals surface area contributed by atoms with E-state index in [9.17, 15) is 5.11 Å². The molecule has 0 radical (unpaired) electrons. The van der Waals surface area contributed by atoms with Crippen LogP contribution in [-0.4, -0.2) is 60.3 Å². The van der Waals surface area contributed by atoms with E-state index in [0.717, 1.165) is 47.7 Å². The number of aromatic hydroxyl groups is 1. The van der Waals surface area contributed by atoms with Gasteiger partial charge in [-0.25, -0.2) is 0 Å². The largest absolute Gasteiger partial charge is 0.507 e. The maximum atomic E-state index is 11.0. The Morgan fingerprint density at radius 1 is 0.895 bits per heavy atom. The molecule has 9 nitrogen and oxygen atoms in total. The smallest absolute Gasteiger partial charge is 0.417 e. The minimum absolute atomic E-state index is 0.136. The fraction of sp³-hybridized carbons (Fsp3) is 0.517. The van der Waals surface area contributed by atoms with Crippen LogP contribution in [0.5, 0.6) is 29.1 Å². The van der Waals surface area contributed by atoms with E-state index in [2.05, 4.69) is 56.6 Å². The van der Waals surface area contributed by atoms with Crippen LogP contribution in [0.1, 0.15) is 59.1 Å². The molecule has 3 aromatic rings. The van der Waals surface area contributed by atoms with Gasteiger partial charge in [0.25, 0.3) is 0 Å². The van der Waals surface area contributed by atoms with E-state index in [1.54, 1.807) is 0 Å². The molecule has 4 rings (SSSR count). The molecule has 0 unspecified atom stereocenters. The van der Waals surface area contributed by atoms with Crippen LogP contribution in [0.15, 0.2) is 34.9 Å². The van der Waals surface area contributed by atoms with E-state index in [1.165, 1.54) is 0 Å². The highest BCUT2D eigenvalue weighted by molar-refractivity contribution is 5.63. The lowest BCUT2D eigenvalue weighted by Crippen LogP contribution is -2.26. The first kappa shape index (κ1) is 27.6. The molecule has 9 heteroatoms. The average Bonchev–Trinajstić information content (AvgIpc) is 3.50. The lowest BCUT2D eigenvalue weighted by Gasteiger charge is -2.27. The fourth-order valence-corrected chi connectivity index (χ4v) is 4.18. The molecular formula is C29H39N3O6. The Bertz CT molecular complexity index is 1210. The Morgan fingerprint density at radius 2 is 1.58 bits per heavy atom. The van der Waals surface area contributed by atoms with Crippen molar-refractivity contribution in [1.82, 2.24) is 15.0 Å². The van der Waals surface area contributed by atoms with Crippen molar-refractivity contribution < 1.29 is 28.6 Å². The Kier molecular flexibility index (Phi) is 8.06. The molecule has 0 saturated heterocycles. The first-order valence-corrected chi connectivity index (χ1v) is 13.0. The molecule has 1 aliphatic rings. The average molecular weight is 526 g/mol. The predicted molar refractivity (Wildman–Crippen MR) is 144 cm³/mol. The Hall–Kier alpha value is -3.46. The zero-order valence-electron chi connectivity index (χ0n) is 23.5. The molecule has 38 heavy (non-hydrogen) atoms. The summed E-state index contributed by atoms with van der Waals surface area (Å²) in [6, 6.07) is 9.45. The molecular weight excluding hydrogens is 486 g/mol. The SMILES string of the molecule is CN(CCCOc1nc(-c2cc(C(C)(C)C)c(O)c(C(C)(C)C)c2)no1)CCOc1ccc2c(c1)OCO2. The van der Waals surface area contributed by atoms with E-state index in [-0.39, 0.29) is 23.7 Å². The molecule has 1 aromatic heterocycles. The third kappa shape index (κ3) is 6.69. The Labute approximate surface area is 224 Å². The Morgan fingerprint density at radius 3 is 2.26 bits per heavy atom. The van der Waals surface area contributed by atoms with E-state index >= 15 is 0 Å². The normalized spacial score (nSPS) is 13.3. The molecule has 0 bridgehead atoms. The van der Waals surface area contributed by atoms with Gasteiger partial charge in [-0.2, -0.15) is 4.98 Å². The van der Waals surface area contributed by atoms with Crippen LogP contribution in [-0.2, 0) is 10.8 Å². The molecule has 0 fully saturated rings. The van der Waals surface area contributed by atoms with Crippen LogP contribution in [0.3, 0.4) is 0 Å². The van der Waals surface area contributed by atoms with Crippen LogP contribution < -0.4 is 18.9 Å². The molecule has 0 aliphatic carbocycles. The molecule has 0 spiro atoms. The number of phenolic OH excluding ortho intramolecular Hbond substituents is 1. The molecule has 1 N–H and O–H groups in total. The number of aromatic nitrogens is 2. The number of hydrogen-bond donors (Lipinski definition) is 1. The summed E-state index contributed by atoms with van der Waals surface area (Å²) in [6.07, 6.45) is 0.927. The van der Waals surface area contributed by atoms with Crippen LogP contribution in [0.4, 0.5) is 0 Å². The van der Waals surface area contributed by atoms with Gasteiger partial charge in [0.2, 0.25) is 12.6 Å². The zero-order valence-corrected chi connectivity index (χ0v) is 23.5. The van der Waals surface area contributed by atoms with E-state index in [0.29, 0.717) is 30.5 Å². The van der Waals surface area contributed by atoms with Gasteiger partial charge in [0.15, 0.2) is 11.5 Å². The number of ether oxygens (including phenoxy) is 4. The summed E-state index contributed by atoms with van der Waals surface area (Å²) in [5, 5.41) is 15.1. The minimum atomic E-state index is -0.245. The molecule has 0 amide bonds. The second kappa shape index (κ2) is 11.1. The third-order valence-electron chi connectivity index (χ3n) is 6.39. The van der Waals surface area contributed by atoms with Gasteiger partial charge in [0.1, 0.15) is 18.1 Å². The van der Waals surface area contributed by atoms with Gasteiger partial charge in [-0.05, 0) is 48.6 Å². The van der Waals surface area contributed by atoms with Gasteiger partial charge in [-0.1, -0.05) is 46.7 Å². The summed E-state index contributed by atoms with van der Waals surface area (Å²) in [4.78, 5) is 6.62. The molecule has 1 aliphatic heterocycles. The van der Waals surface area contributed by atoms with Gasteiger partial charge in [0.05, 0.1) is 6.61 Å². The van der Waals surface area contributed by atoms with Crippen LogP contribution in [0, 0.1) is 0 Å². The van der Waals surface area contributed by atoms with E-state index in [4.69, 9.17) is 23.5 Å². The Balaban J connectivity index is 1.26. The van der Waals surface area contributed by atoms with Crippen LogP contribution in [0.2, 0.25) is 0 Å². The van der Waals surface area contributed by atoms with Crippen molar-refractivity contribution >= 4 is 0 Å². The fourth-order valence-electron chi connectivity index (χ4n) is 4.18. The number of fused-ring (bicyclic) bond motifs is 1. The number of phenols is 1. The molecule has 2 aromatic carbocycles. The van der Waals surface area contributed by atoms with Crippen molar-refractivity contribution in [1.29, 1.82) is 0 Å². The molecule has 0 saturated carbocycles. The maximum Gasteiger partial charge on any atom is 0.417 e. The van der Waals surface area contributed by atoms with Gasteiger partial charge in [-0.15, -0.1) is 0 Å². The first-order chi connectivity index (χ1) is 17.9. The number of benzene rings is 2. The summed E-state index contributed by atoms with van der Waals surface area (Å²) in [5.74, 6) is 2.98. The van der Waals surface area contributed by atoms with E-state index < -0.39 is 0 Å². The van der Waals surface area contributed by atoms with Crippen molar-refractivity contribution in [2.45, 2.75) is 58.8 Å². The van der Waals surface area contributed by atoms with Crippen molar-refractivity contribution in [3.63, 3.8) is 0 Å². The van der Waals surface area contributed by atoms with Gasteiger partial charge < -0.3 is 29.0 Å². The first-order valence-electron chi connectivity index (χ1n) is 13.0. The topological polar surface area (TPSA) is 99.3 Å². The monoisotopic (exact) mass is 525 g/mol. The highest BCUT2D eigenvalue weighted by Gasteiger charge is 2.28. The third-order valence-corrected chi connectivity index (χ3v) is 6.39. The number of likely N-dealkylation sites (N-methyl/N-ethyl adjacent to an activating group) is 1. The van der Waals surface area contributed by atoms with Crippen molar-refractivity contribution in [3.05, 3.63) is 41.5 Å². The quantitative estimate of drug-likeness (QED) is 0.342. The summed E-state index contributed by atoms with van der Waals surface area (Å²) >= 11 is 0. The minimum Gasteiger partial charge on any atom is -0.507 e. The summed E-state index contributed by atoms with van der Waals surface area (Å²) < 4.78 is 27.6. The van der Waals surface area contributed by atoms with Crippen molar-refractivity contribution in [2.24, 2.45) is 0 Å².